The molecular weight excluding hydrogens is 190 g/mol. The first kappa shape index (κ1) is 14.9. The molecule has 0 aromatic heterocycles. The Morgan fingerprint density at radius 2 is 1.67 bits per heavy atom. The standard InChI is InChI=1S/C12H28NO2/c1-4-5-6-7-8-9-13(2,3)10-12(15)11-14/h12,14-15H,4-11H2,1-3H3/q+1. The molecule has 0 radical (unpaired) electrons. The molecule has 3 nitrogen and oxygen atoms in total. The van der Waals surface area contributed by atoms with Crippen molar-refractivity contribution in [1.29, 1.82) is 0 Å². The Labute approximate surface area is 94.3 Å². The van der Waals surface area contributed by atoms with Crippen molar-refractivity contribution in [3.05, 3.63) is 0 Å². The summed E-state index contributed by atoms with van der Waals surface area (Å²) in [7, 11) is 4.22. The zero-order chi connectivity index (χ0) is 11.7. The second-order valence-electron chi connectivity index (χ2n) is 5.09. The maximum Gasteiger partial charge on any atom is 0.126 e. The van der Waals surface area contributed by atoms with E-state index in [-0.39, 0.29) is 6.61 Å². The van der Waals surface area contributed by atoms with Crippen LogP contribution in [-0.4, -0.2) is 54.6 Å². The van der Waals surface area contributed by atoms with Crippen LogP contribution in [-0.2, 0) is 0 Å². The lowest BCUT2D eigenvalue weighted by Crippen LogP contribution is -2.46. The highest BCUT2D eigenvalue weighted by Gasteiger charge is 2.19. The molecule has 0 rings (SSSR count). The smallest absolute Gasteiger partial charge is 0.126 e. The lowest BCUT2D eigenvalue weighted by Gasteiger charge is -2.31. The van der Waals surface area contributed by atoms with E-state index < -0.39 is 6.10 Å². The average Bonchev–Trinajstić information content (AvgIpc) is 2.16. The van der Waals surface area contributed by atoms with Crippen LogP contribution in [0.15, 0.2) is 0 Å². The summed E-state index contributed by atoms with van der Waals surface area (Å²) in [4.78, 5) is 0. The van der Waals surface area contributed by atoms with Crippen molar-refractivity contribution in [2.24, 2.45) is 0 Å². The summed E-state index contributed by atoms with van der Waals surface area (Å²) in [5, 5.41) is 18.1. The fourth-order valence-electron chi connectivity index (χ4n) is 1.86. The summed E-state index contributed by atoms with van der Waals surface area (Å²) in [6.07, 6.45) is 5.85. The van der Waals surface area contributed by atoms with E-state index in [1.807, 2.05) is 0 Å². The van der Waals surface area contributed by atoms with Gasteiger partial charge in [-0.1, -0.05) is 26.2 Å². The summed E-state index contributed by atoms with van der Waals surface area (Å²) in [6.45, 7) is 3.82. The minimum atomic E-state index is -0.573. The van der Waals surface area contributed by atoms with Crippen LogP contribution in [0.2, 0.25) is 0 Å². The van der Waals surface area contributed by atoms with E-state index in [9.17, 15) is 5.11 Å². The second-order valence-corrected chi connectivity index (χ2v) is 5.09. The Morgan fingerprint density at radius 1 is 1.07 bits per heavy atom. The van der Waals surface area contributed by atoms with Crippen molar-refractivity contribution in [3.63, 3.8) is 0 Å². The number of nitrogens with zero attached hydrogens (tertiary/aromatic N) is 1. The molecule has 0 spiro atoms. The van der Waals surface area contributed by atoms with E-state index in [0.29, 0.717) is 6.54 Å². The number of hydrogen-bond acceptors (Lipinski definition) is 2. The lowest BCUT2D eigenvalue weighted by molar-refractivity contribution is -0.893. The third-order valence-electron chi connectivity index (χ3n) is 2.78. The van der Waals surface area contributed by atoms with Crippen LogP contribution in [0.3, 0.4) is 0 Å². The summed E-state index contributed by atoms with van der Waals surface area (Å²) in [6, 6.07) is 0. The molecule has 15 heavy (non-hydrogen) atoms. The van der Waals surface area contributed by atoms with Crippen LogP contribution in [0.4, 0.5) is 0 Å². The van der Waals surface area contributed by atoms with Gasteiger partial charge in [-0.3, -0.25) is 0 Å². The van der Waals surface area contributed by atoms with E-state index >= 15 is 0 Å². The van der Waals surface area contributed by atoms with Gasteiger partial charge in [-0.25, -0.2) is 0 Å². The monoisotopic (exact) mass is 218 g/mol. The zero-order valence-electron chi connectivity index (χ0n) is 10.6. The number of aliphatic hydroxyl groups excluding tert-OH is 2. The first-order valence-corrected chi connectivity index (χ1v) is 6.12. The van der Waals surface area contributed by atoms with Gasteiger partial charge in [0.1, 0.15) is 12.6 Å². The Morgan fingerprint density at radius 3 is 2.20 bits per heavy atom. The van der Waals surface area contributed by atoms with Gasteiger partial charge in [-0.05, 0) is 12.8 Å². The van der Waals surface area contributed by atoms with Gasteiger partial charge >= 0.3 is 0 Å². The van der Waals surface area contributed by atoms with Crippen molar-refractivity contribution in [2.75, 3.05) is 33.8 Å². The molecule has 0 aliphatic rings. The van der Waals surface area contributed by atoms with E-state index in [1.165, 1.54) is 32.1 Å². The van der Waals surface area contributed by atoms with E-state index in [4.69, 9.17) is 5.11 Å². The predicted octanol–water partition coefficient (Wildman–Crippen LogP) is 1.39. The van der Waals surface area contributed by atoms with Crippen molar-refractivity contribution in [1.82, 2.24) is 0 Å². The molecule has 0 aromatic carbocycles. The van der Waals surface area contributed by atoms with Gasteiger partial charge < -0.3 is 14.7 Å². The van der Waals surface area contributed by atoms with Gasteiger partial charge in [-0.15, -0.1) is 0 Å². The minimum absolute atomic E-state index is 0.127. The zero-order valence-corrected chi connectivity index (χ0v) is 10.6. The molecule has 2 N–H and O–H groups in total. The average molecular weight is 218 g/mol. The molecule has 1 atom stereocenters. The van der Waals surface area contributed by atoms with Gasteiger partial charge in [-0.2, -0.15) is 0 Å². The highest BCUT2D eigenvalue weighted by atomic mass is 16.3. The minimum Gasteiger partial charge on any atom is -0.393 e. The molecule has 1 unspecified atom stereocenters. The first-order chi connectivity index (χ1) is 7.02. The SMILES string of the molecule is CCCCCCC[N+](C)(C)CC(O)CO. The molecule has 0 aliphatic carbocycles. The molecule has 0 saturated heterocycles. The highest BCUT2D eigenvalue weighted by Crippen LogP contribution is 2.07. The quantitative estimate of drug-likeness (QED) is 0.453. The third kappa shape index (κ3) is 8.85. The van der Waals surface area contributed by atoms with Crippen molar-refractivity contribution in [2.45, 2.75) is 45.1 Å². The number of hydrogen-bond donors (Lipinski definition) is 2. The molecule has 0 aromatic rings. The third-order valence-corrected chi connectivity index (χ3v) is 2.78. The second kappa shape index (κ2) is 8.08. The van der Waals surface area contributed by atoms with Gasteiger partial charge in [0.05, 0.1) is 27.2 Å². The fraction of sp³-hybridized carbons (Fsp3) is 1.00. The van der Waals surface area contributed by atoms with E-state index in [0.717, 1.165) is 11.0 Å². The summed E-state index contributed by atoms with van der Waals surface area (Å²) in [5.41, 5.74) is 0. The van der Waals surface area contributed by atoms with Crippen LogP contribution in [0.5, 0.6) is 0 Å². The largest absolute Gasteiger partial charge is 0.393 e. The van der Waals surface area contributed by atoms with Crippen LogP contribution in [0, 0.1) is 0 Å². The van der Waals surface area contributed by atoms with Gasteiger partial charge in [0.2, 0.25) is 0 Å². The van der Waals surface area contributed by atoms with Gasteiger partial charge in [0.25, 0.3) is 0 Å². The van der Waals surface area contributed by atoms with Crippen LogP contribution < -0.4 is 0 Å². The highest BCUT2D eigenvalue weighted by molar-refractivity contribution is 4.50. The predicted molar refractivity (Wildman–Crippen MR) is 63.7 cm³/mol. The number of unbranched alkanes of at least 4 members (excludes halogenated alkanes) is 4. The van der Waals surface area contributed by atoms with Crippen molar-refractivity contribution >= 4 is 0 Å². The van der Waals surface area contributed by atoms with E-state index in [2.05, 4.69) is 21.0 Å². The molecule has 0 amide bonds. The van der Waals surface area contributed by atoms with Gasteiger partial charge in [0, 0.05) is 0 Å². The molecule has 92 valence electrons. The van der Waals surface area contributed by atoms with E-state index in [1.54, 1.807) is 0 Å². The number of aliphatic hydroxyl groups is 2. The maximum absolute atomic E-state index is 9.37. The van der Waals surface area contributed by atoms with Crippen LogP contribution in [0.1, 0.15) is 39.0 Å². The Bertz CT molecular complexity index is 149. The normalized spacial score (nSPS) is 14.2. The topological polar surface area (TPSA) is 40.5 Å². The number of quaternary nitrogens is 1. The maximum atomic E-state index is 9.37. The first-order valence-electron chi connectivity index (χ1n) is 6.12. The Hall–Kier alpha value is -0.120. The van der Waals surface area contributed by atoms with Gasteiger partial charge in [0.15, 0.2) is 0 Å². The molecule has 0 fully saturated rings. The molecule has 3 heteroatoms. The molecule has 0 saturated carbocycles. The van der Waals surface area contributed by atoms with Crippen LogP contribution in [0.25, 0.3) is 0 Å². The lowest BCUT2D eigenvalue weighted by atomic mass is 10.1. The molecular formula is C12H28NO2+. The summed E-state index contributed by atoms with van der Waals surface area (Å²) >= 11 is 0. The fourth-order valence-corrected chi connectivity index (χ4v) is 1.86. The number of likely N-dealkylation sites (N-methyl/N-ethyl adjacent to an activating group) is 1. The number of rotatable bonds is 9. The Kier molecular flexibility index (Phi) is 8.02. The van der Waals surface area contributed by atoms with Crippen LogP contribution >= 0.6 is 0 Å². The molecule has 0 heterocycles. The molecule has 0 aliphatic heterocycles. The molecule has 0 bridgehead atoms. The summed E-state index contributed by atoms with van der Waals surface area (Å²) in [5.74, 6) is 0. The van der Waals surface area contributed by atoms with Crippen molar-refractivity contribution < 1.29 is 14.7 Å². The summed E-state index contributed by atoms with van der Waals surface area (Å²) < 4.78 is 0.799. The van der Waals surface area contributed by atoms with Crippen molar-refractivity contribution in [3.8, 4) is 0 Å². The Balaban J connectivity index is 3.55.